The number of benzene rings is 2. The van der Waals surface area contributed by atoms with Gasteiger partial charge in [-0.05, 0) is 48.9 Å². The van der Waals surface area contributed by atoms with E-state index in [1.54, 1.807) is 30.1 Å². The summed E-state index contributed by atoms with van der Waals surface area (Å²) < 4.78 is 13.1. The van der Waals surface area contributed by atoms with Crippen LogP contribution in [-0.2, 0) is 11.8 Å². The Kier molecular flexibility index (Phi) is 5.62. The first-order valence-corrected chi connectivity index (χ1v) is 10.0. The van der Waals surface area contributed by atoms with E-state index < -0.39 is 0 Å². The highest BCUT2D eigenvalue weighted by Crippen LogP contribution is 2.35. The van der Waals surface area contributed by atoms with Crippen molar-refractivity contribution < 1.29 is 19.1 Å². The van der Waals surface area contributed by atoms with Gasteiger partial charge in [0.15, 0.2) is 11.5 Å². The third kappa shape index (κ3) is 4.53. The van der Waals surface area contributed by atoms with Gasteiger partial charge in [0.05, 0.1) is 18.8 Å². The lowest BCUT2D eigenvalue weighted by Crippen LogP contribution is -2.13. The lowest BCUT2D eigenvalue weighted by atomic mass is 10.1. The van der Waals surface area contributed by atoms with Crippen molar-refractivity contribution in [3.8, 4) is 22.8 Å². The molecule has 2 amide bonds. The van der Waals surface area contributed by atoms with Crippen LogP contribution in [0.1, 0.15) is 29.3 Å². The van der Waals surface area contributed by atoms with E-state index in [9.17, 15) is 9.59 Å². The molecule has 0 fully saturated rings. The van der Waals surface area contributed by atoms with Crippen LogP contribution in [-0.4, -0.2) is 34.8 Å². The Morgan fingerprint density at radius 2 is 1.81 bits per heavy atom. The van der Waals surface area contributed by atoms with E-state index in [2.05, 4.69) is 15.7 Å². The van der Waals surface area contributed by atoms with E-state index in [0.29, 0.717) is 47.3 Å². The van der Waals surface area contributed by atoms with Crippen LogP contribution in [0.3, 0.4) is 0 Å². The van der Waals surface area contributed by atoms with Crippen molar-refractivity contribution in [3.63, 3.8) is 0 Å². The largest absolute Gasteiger partial charge is 0.490 e. The van der Waals surface area contributed by atoms with Crippen molar-refractivity contribution in [3.05, 3.63) is 53.7 Å². The lowest BCUT2D eigenvalue weighted by Gasteiger charge is -2.11. The standard InChI is InChI=1S/C23H24N4O4/c1-14-11-17(6-7-19(14)24-15(2)28)25-23(29)18-13-27(3)26-22(18)16-5-8-20-21(12-16)31-10-4-9-30-20/h5-8,11-13H,4,9-10H2,1-3H3,(H,24,28)(H,25,29). The van der Waals surface area contributed by atoms with Gasteiger partial charge in [-0.2, -0.15) is 5.10 Å². The van der Waals surface area contributed by atoms with Crippen molar-refractivity contribution in [1.29, 1.82) is 0 Å². The molecule has 0 saturated carbocycles. The Bertz CT molecular complexity index is 1150. The first kappa shape index (κ1) is 20.5. The van der Waals surface area contributed by atoms with Crippen molar-refractivity contribution >= 4 is 23.2 Å². The number of amides is 2. The fraction of sp³-hybridized carbons (Fsp3) is 0.261. The Hall–Kier alpha value is -3.81. The third-order valence-electron chi connectivity index (χ3n) is 4.89. The minimum atomic E-state index is -0.276. The molecule has 0 bridgehead atoms. The number of ether oxygens (including phenoxy) is 2. The maximum Gasteiger partial charge on any atom is 0.259 e. The molecule has 8 nitrogen and oxygen atoms in total. The maximum atomic E-state index is 13.0. The molecule has 1 aliphatic rings. The summed E-state index contributed by atoms with van der Waals surface area (Å²) in [5, 5.41) is 10.2. The number of aryl methyl sites for hydroxylation is 2. The predicted molar refractivity (Wildman–Crippen MR) is 118 cm³/mol. The fourth-order valence-corrected chi connectivity index (χ4v) is 3.45. The number of anilines is 2. The Balaban J connectivity index is 1.60. The second kappa shape index (κ2) is 8.51. The summed E-state index contributed by atoms with van der Waals surface area (Å²) in [6.45, 7) is 4.52. The number of nitrogens with one attached hydrogen (secondary N) is 2. The SMILES string of the molecule is CC(=O)Nc1ccc(NC(=O)c2cn(C)nc2-c2ccc3c(c2)OCCCO3)cc1C. The van der Waals surface area contributed by atoms with Crippen molar-refractivity contribution in [2.45, 2.75) is 20.3 Å². The monoisotopic (exact) mass is 420 g/mol. The first-order chi connectivity index (χ1) is 14.9. The van der Waals surface area contributed by atoms with Gasteiger partial charge >= 0.3 is 0 Å². The highest BCUT2D eigenvalue weighted by molar-refractivity contribution is 6.08. The average molecular weight is 420 g/mol. The number of hydrogen-bond donors (Lipinski definition) is 2. The third-order valence-corrected chi connectivity index (χ3v) is 4.89. The van der Waals surface area contributed by atoms with Crippen LogP contribution in [0.15, 0.2) is 42.6 Å². The molecular weight excluding hydrogens is 396 g/mol. The van der Waals surface area contributed by atoms with Crippen LogP contribution < -0.4 is 20.1 Å². The summed E-state index contributed by atoms with van der Waals surface area (Å²) in [5.74, 6) is 0.922. The molecule has 160 valence electrons. The van der Waals surface area contributed by atoms with E-state index in [0.717, 1.165) is 17.5 Å². The number of nitrogens with zero attached hydrogens (tertiary/aromatic N) is 2. The van der Waals surface area contributed by atoms with Crippen LogP contribution >= 0.6 is 0 Å². The van der Waals surface area contributed by atoms with E-state index in [4.69, 9.17) is 9.47 Å². The maximum absolute atomic E-state index is 13.0. The second-order valence-electron chi connectivity index (χ2n) is 7.44. The Morgan fingerprint density at radius 1 is 1.03 bits per heavy atom. The van der Waals surface area contributed by atoms with E-state index in [1.165, 1.54) is 6.92 Å². The Morgan fingerprint density at radius 3 is 2.55 bits per heavy atom. The molecule has 0 unspecified atom stereocenters. The van der Waals surface area contributed by atoms with Crippen LogP contribution in [0.25, 0.3) is 11.3 Å². The summed E-state index contributed by atoms with van der Waals surface area (Å²) in [6.07, 6.45) is 2.51. The molecule has 2 heterocycles. The quantitative estimate of drug-likeness (QED) is 0.670. The number of fused-ring (bicyclic) bond motifs is 1. The summed E-state index contributed by atoms with van der Waals surface area (Å²) in [5.41, 5.74) is 3.96. The molecule has 8 heteroatoms. The predicted octanol–water partition coefficient (Wildman–Crippen LogP) is 3.77. The van der Waals surface area contributed by atoms with Gasteiger partial charge in [0.2, 0.25) is 5.91 Å². The summed E-state index contributed by atoms with van der Waals surface area (Å²) >= 11 is 0. The van der Waals surface area contributed by atoms with Gasteiger partial charge < -0.3 is 20.1 Å². The highest BCUT2D eigenvalue weighted by Gasteiger charge is 2.20. The molecule has 0 atom stereocenters. The topological polar surface area (TPSA) is 94.5 Å². The number of hydrogen-bond acceptors (Lipinski definition) is 5. The van der Waals surface area contributed by atoms with Gasteiger partial charge in [0, 0.05) is 43.5 Å². The van der Waals surface area contributed by atoms with Crippen LogP contribution in [0.2, 0.25) is 0 Å². The molecule has 31 heavy (non-hydrogen) atoms. The zero-order chi connectivity index (χ0) is 22.0. The highest BCUT2D eigenvalue weighted by atomic mass is 16.5. The number of aromatic nitrogens is 2. The van der Waals surface area contributed by atoms with Crippen LogP contribution in [0.5, 0.6) is 11.5 Å². The first-order valence-electron chi connectivity index (χ1n) is 10.0. The van der Waals surface area contributed by atoms with E-state index in [-0.39, 0.29) is 11.8 Å². The molecular formula is C23H24N4O4. The Labute approximate surface area is 180 Å². The van der Waals surface area contributed by atoms with Gasteiger partial charge in [-0.15, -0.1) is 0 Å². The minimum Gasteiger partial charge on any atom is -0.490 e. The molecule has 0 saturated heterocycles. The minimum absolute atomic E-state index is 0.144. The molecule has 4 rings (SSSR count). The average Bonchev–Trinajstić information content (AvgIpc) is 2.97. The van der Waals surface area contributed by atoms with Gasteiger partial charge in [0.1, 0.15) is 5.69 Å². The number of carbonyl (C=O) groups is 2. The number of rotatable bonds is 4. The normalized spacial score (nSPS) is 12.7. The second-order valence-corrected chi connectivity index (χ2v) is 7.44. The molecule has 1 aromatic heterocycles. The number of carbonyl (C=O) groups excluding carboxylic acids is 2. The van der Waals surface area contributed by atoms with Crippen molar-refractivity contribution in [2.75, 3.05) is 23.8 Å². The van der Waals surface area contributed by atoms with E-state index in [1.807, 2.05) is 31.2 Å². The summed E-state index contributed by atoms with van der Waals surface area (Å²) in [7, 11) is 1.77. The van der Waals surface area contributed by atoms with Crippen LogP contribution in [0, 0.1) is 6.92 Å². The summed E-state index contributed by atoms with van der Waals surface area (Å²) in [4.78, 5) is 24.3. The van der Waals surface area contributed by atoms with Gasteiger partial charge in [-0.1, -0.05) is 0 Å². The smallest absolute Gasteiger partial charge is 0.259 e. The fourth-order valence-electron chi connectivity index (χ4n) is 3.45. The van der Waals surface area contributed by atoms with Crippen LogP contribution in [0.4, 0.5) is 11.4 Å². The molecule has 0 aliphatic carbocycles. The molecule has 0 radical (unpaired) electrons. The van der Waals surface area contributed by atoms with Gasteiger partial charge in [-0.3, -0.25) is 14.3 Å². The molecule has 2 N–H and O–H groups in total. The van der Waals surface area contributed by atoms with Gasteiger partial charge in [-0.25, -0.2) is 0 Å². The zero-order valence-corrected chi connectivity index (χ0v) is 17.7. The summed E-state index contributed by atoms with van der Waals surface area (Å²) in [6, 6.07) is 10.9. The lowest BCUT2D eigenvalue weighted by molar-refractivity contribution is -0.114. The van der Waals surface area contributed by atoms with Gasteiger partial charge in [0.25, 0.3) is 5.91 Å². The zero-order valence-electron chi connectivity index (χ0n) is 17.7. The molecule has 3 aromatic rings. The molecule has 2 aromatic carbocycles. The van der Waals surface area contributed by atoms with Crippen molar-refractivity contribution in [1.82, 2.24) is 9.78 Å². The molecule has 0 spiro atoms. The van der Waals surface area contributed by atoms with Crippen molar-refractivity contribution in [2.24, 2.45) is 7.05 Å². The molecule has 1 aliphatic heterocycles. The van der Waals surface area contributed by atoms with E-state index >= 15 is 0 Å².